The maximum absolute atomic E-state index is 3.47. The monoisotopic (exact) mass is 187 g/mol. The summed E-state index contributed by atoms with van der Waals surface area (Å²) in [6.45, 7) is 0. The van der Waals surface area contributed by atoms with Gasteiger partial charge in [0, 0.05) is 6.04 Å². The van der Waals surface area contributed by atoms with Crippen LogP contribution in [0.25, 0.3) is 0 Å². The minimum Gasteiger partial charge on any atom is -0.317 e. The third-order valence-corrected chi connectivity index (χ3v) is 3.62. The Balaban J connectivity index is 2.22. The molecule has 0 aromatic carbocycles. The van der Waals surface area contributed by atoms with Crippen LogP contribution in [-0.2, 0) is 0 Å². The van der Waals surface area contributed by atoms with E-state index in [9.17, 15) is 0 Å². The molecular weight excluding hydrogens is 166 g/mol. The summed E-state index contributed by atoms with van der Waals surface area (Å²) in [4.78, 5) is 0. The van der Waals surface area contributed by atoms with Gasteiger partial charge in [-0.3, -0.25) is 0 Å². The molecule has 0 bridgehead atoms. The summed E-state index contributed by atoms with van der Waals surface area (Å²) in [6.07, 6.45) is 9.38. The van der Waals surface area contributed by atoms with Crippen molar-refractivity contribution in [3.8, 4) is 0 Å². The highest BCUT2D eigenvalue weighted by atomic mass is 32.2. The third-order valence-electron chi connectivity index (χ3n) is 2.97. The Labute approximate surface area is 80.7 Å². The molecule has 1 unspecified atom stereocenters. The fraction of sp³-hybridized carbons (Fsp3) is 1.00. The van der Waals surface area contributed by atoms with Gasteiger partial charge in [-0.1, -0.05) is 12.8 Å². The number of rotatable bonds is 5. The first-order chi connectivity index (χ1) is 5.88. The predicted molar refractivity (Wildman–Crippen MR) is 57.8 cm³/mol. The zero-order valence-electron chi connectivity index (χ0n) is 8.31. The molecule has 1 aliphatic carbocycles. The summed E-state index contributed by atoms with van der Waals surface area (Å²) in [6, 6.07) is 0.792. The van der Waals surface area contributed by atoms with Gasteiger partial charge in [0.25, 0.3) is 0 Å². The molecule has 1 N–H and O–H groups in total. The number of hydrogen-bond donors (Lipinski definition) is 1. The second-order valence-electron chi connectivity index (χ2n) is 3.72. The van der Waals surface area contributed by atoms with Crippen molar-refractivity contribution >= 4 is 11.8 Å². The average molecular weight is 187 g/mol. The Kier molecular flexibility index (Phi) is 5.08. The van der Waals surface area contributed by atoms with Crippen LogP contribution in [-0.4, -0.2) is 25.1 Å². The Hall–Kier alpha value is 0.310. The molecule has 72 valence electrons. The van der Waals surface area contributed by atoms with E-state index in [4.69, 9.17) is 0 Å². The van der Waals surface area contributed by atoms with Gasteiger partial charge in [0.1, 0.15) is 0 Å². The number of thioether (sulfide) groups is 1. The van der Waals surface area contributed by atoms with Crippen LogP contribution in [0.2, 0.25) is 0 Å². The van der Waals surface area contributed by atoms with Gasteiger partial charge in [-0.05, 0) is 44.2 Å². The molecule has 0 radical (unpaired) electrons. The molecule has 1 aliphatic rings. The lowest BCUT2D eigenvalue weighted by Crippen LogP contribution is -2.32. The van der Waals surface area contributed by atoms with Gasteiger partial charge in [-0.25, -0.2) is 0 Å². The van der Waals surface area contributed by atoms with Gasteiger partial charge >= 0.3 is 0 Å². The number of hydrogen-bond acceptors (Lipinski definition) is 2. The molecule has 2 heteroatoms. The van der Waals surface area contributed by atoms with Crippen LogP contribution in [0.1, 0.15) is 32.1 Å². The van der Waals surface area contributed by atoms with E-state index in [1.807, 2.05) is 11.8 Å². The highest BCUT2D eigenvalue weighted by Crippen LogP contribution is 2.29. The van der Waals surface area contributed by atoms with E-state index in [0.717, 1.165) is 12.0 Å². The number of nitrogens with one attached hydrogen (secondary N) is 1. The van der Waals surface area contributed by atoms with Crippen LogP contribution < -0.4 is 5.32 Å². The van der Waals surface area contributed by atoms with Gasteiger partial charge in [-0.15, -0.1) is 0 Å². The van der Waals surface area contributed by atoms with E-state index in [1.54, 1.807) is 0 Å². The Morgan fingerprint density at radius 3 is 2.58 bits per heavy atom. The lowest BCUT2D eigenvalue weighted by Gasteiger charge is -2.22. The van der Waals surface area contributed by atoms with Gasteiger partial charge in [-0.2, -0.15) is 11.8 Å². The smallest absolute Gasteiger partial charge is 0.0100 e. The van der Waals surface area contributed by atoms with E-state index in [0.29, 0.717) is 0 Å². The SMILES string of the molecule is CNC(CCSC)C1CCCC1. The Morgan fingerprint density at radius 1 is 1.42 bits per heavy atom. The van der Waals surface area contributed by atoms with Gasteiger partial charge in [0.2, 0.25) is 0 Å². The molecule has 0 aromatic rings. The van der Waals surface area contributed by atoms with Crippen molar-refractivity contribution in [2.45, 2.75) is 38.1 Å². The van der Waals surface area contributed by atoms with Crippen molar-refractivity contribution in [2.75, 3.05) is 19.1 Å². The zero-order valence-corrected chi connectivity index (χ0v) is 9.12. The molecule has 1 atom stereocenters. The van der Waals surface area contributed by atoms with Crippen molar-refractivity contribution in [1.82, 2.24) is 5.32 Å². The fourth-order valence-corrected chi connectivity index (χ4v) is 2.71. The quantitative estimate of drug-likeness (QED) is 0.710. The second kappa shape index (κ2) is 5.87. The first kappa shape index (κ1) is 10.4. The molecule has 0 spiro atoms. The maximum atomic E-state index is 3.47. The molecule has 1 saturated carbocycles. The van der Waals surface area contributed by atoms with Crippen molar-refractivity contribution in [3.05, 3.63) is 0 Å². The van der Waals surface area contributed by atoms with Crippen molar-refractivity contribution in [3.63, 3.8) is 0 Å². The minimum atomic E-state index is 0.792. The van der Waals surface area contributed by atoms with Crippen LogP contribution in [0, 0.1) is 5.92 Å². The van der Waals surface area contributed by atoms with Crippen LogP contribution in [0.3, 0.4) is 0 Å². The first-order valence-electron chi connectivity index (χ1n) is 5.04. The van der Waals surface area contributed by atoms with Crippen molar-refractivity contribution < 1.29 is 0 Å². The van der Waals surface area contributed by atoms with Crippen LogP contribution in [0.5, 0.6) is 0 Å². The zero-order chi connectivity index (χ0) is 8.81. The minimum absolute atomic E-state index is 0.792. The molecule has 0 aromatic heterocycles. The normalized spacial score (nSPS) is 21.5. The lowest BCUT2D eigenvalue weighted by molar-refractivity contribution is 0.372. The topological polar surface area (TPSA) is 12.0 Å². The molecule has 1 nitrogen and oxygen atoms in total. The molecule has 1 rings (SSSR count). The summed E-state index contributed by atoms with van der Waals surface area (Å²) >= 11 is 1.96. The highest BCUT2D eigenvalue weighted by Gasteiger charge is 2.22. The second-order valence-corrected chi connectivity index (χ2v) is 4.71. The largest absolute Gasteiger partial charge is 0.317 e. The average Bonchev–Trinajstić information content (AvgIpc) is 2.59. The summed E-state index contributed by atoms with van der Waals surface area (Å²) in [7, 11) is 2.11. The van der Waals surface area contributed by atoms with Crippen molar-refractivity contribution in [2.24, 2.45) is 5.92 Å². The van der Waals surface area contributed by atoms with Gasteiger partial charge in [0.05, 0.1) is 0 Å². The van der Waals surface area contributed by atoms with E-state index in [-0.39, 0.29) is 0 Å². The molecule has 0 amide bonds. The van der Waals surface area contributed by atoms with Crippen LogP contribution in [0.4, 0.5) is 0 Å². The molecule has 0 heterocycles. The first-order valence-corrected chi connectivity index (χ1v) is 6.44. The van der Waals surface area contributed by atoms with Crippen LogP contribution >= 0.6 is 11.8 Å². The lowest BCUT2D eigenvalue weighted by atomic mass is 9.96. The van der Waals surface area contributed by atoms with Gasteiger partial charge < -0.3 is 5.32 Å². The Morgan fingerprint density at radius 2 is 2.08 bits per heavy atom. The third kappa shape index (κ3) is 2.98. The molecule has 12 heavy (non-hydrogen) atoms. The molecular formula is C10H21NS. The van der Waals surface area contributed by atoms with E-state index >= 15 is 0 Å². The molecule has 0 saturated heterocycles. The molecule has 0 aliphatic heterocycles. The fourth-order valence-electron chi connectivity index (χ4n) is 2.22. The van der Waals surface area contributed by atoms with E-state index in [1.165, 1.54) is 37.9 Å². The molecule has 1 fully saturated rings. The summed E-state index contributed by atoms with van der Waals surface area (Å²) in [5, 5.41) is 3.47. The Bertz CT molecular complexity index is 110. The van der Waals surface area contributed by atoms with E-state index < -0.39 is 0 Å². The standard InChI is InChI=1S/C10H21NS/c1-11-10(7-8-12-2)9-5-3-4-6-9/h9-11H,3-8H2,1-2H3. The van der Waals surface area contributed by atoms with Crippen molar-refractivity contribution in [1.29, 1.82) is 0 Å². The van der Waals surface area contributed by atoms with Gasteiger partial charge in [0.15, 0.2) is 0 Å². The maximum Gasteiger partial charge on any atom is 0.0100 e. The highest BCUT2D eigenvalue weighted by molar-refractivity contribution is 7.98. The predicted octanol–water partition coefficient (Wildman–Crippen LogP) is 2.52. The van der Waals surface area contributed by atoms with E-state index in [2.05, 4.69) is 18.6 Å². The van der Waals surface area contributed by atoms with Crippen LogP contribution in [0.15, 0.2) is 0 Å². The summed E-state index contributed by atoms with van der Waals surface area (Å²) in [5.41, 5.74) is 0. The summed E-state index contributed by atoms with van der Waals surface area (Å²) < 4.78 is 0. The summed E-state index contributed by atoms with van der Waals surface area (Å²) in [5.74, 6) is 2.28.